The van der Waals surface area contributed by atoms with Crippen LogP contribution in [0.5, 0.6) is 5.75 Å². The number of allylic oxidation sites excluding steroid dienone is 4. The quantitative estimate of drug-likeness (QED) is 0.623. The highest BCUT2D eigenvalue weighted by molar-refractivity contribution is 6.23. The number of carbonyl (C=O) groups is 2. The summed E-state index contributed by atoms with van der Waals surface area (Å²) in [4.78, 5) is 27.3. The first-order valence-electron chi connectivity index (χ1n) is 7.92. The Morgan fingerprint density at radius 2 is 1.65 bits per heavy atom. The Balaban J connectivity index is 1.75. The maximum Gasteiger partial charge on any atom is 0.238 e. The summed E-state index contributed by atoms with van der Waals surface area (Å²) in [5.41, 5.74) is 3.10. The van der Waals surface area contributed by atoms with Crippen LogP contribution in [0, 0.1) is 23.7 Å². The van der Waals surface area contributed by atoms with E-state index in [4.69, 9.17) is 4.74 Å². The fourth-order valence-electron chi connectivity index (χ4n) is 4.43. The van der Waals surface area contributed by atoms with Crippen molar-refractivity contribution in [2.75, 3.05) is 12.0 Å². The standard InChI is InChI=1S/C19H19NO3/c1-10(2)15-13-7-8-14(15)17-16(13)18(21)20(19(17)22)11-5-4-6-12(9-11)23-3/h4-9,13-14,16-17H,1-3H3/t13-,14+,16-,17-/m1/s1. The van der Waals surface area contributed by atoms with Gasteiger partial charge in [-0.2, -0.15) is 0 Å². The van der Waals surface area contributed by atoms with Crippen molar-refractivity contribution in [1.82, 2.24) is 0 Å². The molecule has 4 nitrogen and oxygen atoms in total. The van der Waals surface area contributed by atoms with Gasteiger partial charge in [0, 0.05) is 17.9 Å². The van der Waals surface area contributed by atoms with E-state index in [-0.39, 0.29) is 35.5 Å². The highest BCUT2D eigenvalue weighted by atomic mass is 16.5. The smallest absolute Gasteiger partial charge is 0.238 e. The first-order valence-corrected chi connectivity index (χ1v) is 7.92. The van der Waals surface area contributed by atoms with Crippen LogP contribution in [0.25, 0.3) is 0 Å². The fraction of sp³-hybridized carbons (Fsp3) is 0.368. The van der Waals surface area contributed by atoms with Crippen molar-refractivity contribution in [1.29, 1.82) is 0 Å². The molecule has 1 aromatic carbocycles. The molecule has 2 amide bonds. The molecule has 4 heteroatoms. The molecule has 1 heterocycles. The van der Waals surface area contributed by atoms with Gasteiger partial charge in [0.2, 0.25) is 11.8 Å². The molecule has 2 aliphatic carbocycles. The van der Waals surface area contributed by atoms with Crippen molar-refractivity contribution in [3.63, 3.8) is 0 Å². The first-order chi connectivity index (χ1) is 11.0. The Morgan fingerprint density at radius 1 is 1.04 bits per heavy atom. The van der Waals surface area contributed by atoms with Gasteiger partial charge in [0.25, 0.3) is 0 Å². The number of rotatable bonds is 2. The molecule has 23 heavy (non-hydrogen) atoms. The van der Waals surface area contributed by atoms with Crippen LogP contribution in [0.2, 0.25) is 0 Å². The lowest BCUT2D eigenvalue weighted by Crippen LogP contribution is -2.33. The number of methoxy groups -OCH3 is 1. The summed E-state index contributed by atoms with van der Waals surface area (Å²) in [5, 5.41) is 0. The topological polar surface area (TPSA) is 46.6 Å². The average molecular weight is 309 g/mol. The number of ether oxygens (including phenoxy) is 1. The zero-order valence-electron chi connectivity index (χ0n) is 13.4. The van der Waals surface area contributed by atoms with Crippen molar-refractivity contribution < 1.29 is 14.3 Å². The minimum absolute atomic E-state index is 0.0798. The van der Waals surface area contributed by atoms with Crippen LogP contribution < -0.4 is 9.64 Å². The fourth-order valence-corrected chi connectivity index (χ4v) is 4.43. The zero-order chi connectivity index (χ0) is 16.3. The highest BCUT2D eigenvalue weighted by Gasteiger charge is 2.61. The van der Waals surface area contributed by atoms with Crippen LogP contribution in [-0.4, -0.2) is 18.9 Å². The Morgan fingerprint density at radius 3 is 2.17 bits per heavy atom. The van der Waals surface area contributed by atoms with Crippen LogP contribution in [0.4, 0.5) is 5.69 Å². The minimum atomic E-state index is -0.242. The molecule has 1 aromatic rings. The third kappa shape index (κ3) is 1.78. The van der Waals surface area contributed by atoms with Crippen LogP contribution in [0.3, 0.4) is 0 Å². The van der Waals surface area contributed by atoms with Gasteiger partial charge >= 0.3 is 0 Å². The number of nitrogens with zero attached hydrogens (tertiary/aromatic N) is 1. The summed E-state index contributed by atoms with van der Waals surface area (Å²) in [6.45, 7) is 4.14. The second-order valence-electron chi connectivity index (χ2n) is 6.66. The molecule has 3 aliphatic rings. The monoisotopic (exact) mass is 309 g/mol. The van der Waals surface area contributed by atoms with Gasteiger partial charge in [-0.15, -0.1) is 0 Å². The average Bonchev–Trinajstić information content (AvgIpc) is 3.17. The lowest BCUT2D eigenvalue weighted by atomic mass is 9.85. The van der Waals surface area contributed by atoms with Gasteiger partial charge in [0.1, 0.15) is 5.75 Å². The van der Waals surface area contributed by atoms with Gasteiger partial charge < -0.3 is 4.74 Å². The number of hydrogen-bond donors (Lipinski definition) is 0. The van der Waals surface area contributed by atoms with Crippen molar-refractivity contribution in [2.24, 2.45) is 23.7 Å². The van der Waals surface area contributed by atoms with Crippen LogP contribution in [0.1, 0.15) is 13.8 Å². The van der Waals surface area contributed by atoms with Gasteiger partial charge in [-0.1, -0.05) is 29.4 Å². The lowest BCUT2D eigenvalue weighted by Gasteiger charge is -2.19. The molecule has 0 aromatic heterocycles. The molecule has 4 rings (SSSR count). The van der Waals surface area contributed by atoms with Crippen molar-refractivity contribution >= 4 is 17.5 Å². The van der Waals surface area contributed by atoms with Crippen molar-refractivity contribution in [3.05, 3.63) is 47.6 Å². The normalized spacial score (nSPS) is 31.1. The van der Waals surface area contributed by atoms with Gasteiger partial charge in [-0.05, 0) is 26.0 Å². The van der Waals surface area contributed by atoms with Gasteiger partial charge in [-0.3, -0.25) is 9.59 Å². The first kappa shape index (κ1) is 14.2. The van der Waals surface area contributed by atoms with E-state index in [1.54, 1.807) is 25.3 Å². The van der Waals surface area contributed by atoms with E-state index < -0.39 is 0 Å². The summed E-state index contributed by atoms with van der Waals surface area (Å²) < 4.78 is 5.21. The SMILES string of the molecule is COc1cccc(N2C(=O)[C@H]3[C@H](C2=O)[C@H]2C=C[C@@H]3C2=C(C)C)c1. The molecule has 2 fully saturated rings. The third-order valence-corrected chi connectivity index (χ3v) is 5.30. The number of carbonyl (C=O) groups excluding carboxylic acids is 2. The maximum atomic E-state index is 13.0. The molecule has 118 valence electrons. The number of anilines is 1. The molecule has 4 atom stereocenters. The number of fused-ring (bicyclic) bond motifs is 5. The molecule has 1 saturated carbocycles. The number of hydrogen-bond acceptors (Lipinski definition) is 3. The van der Waals surface area contributed by atoms with Crippen LogP contribution in [-0.2, 0) is 9.59 Å². The minimum Gasteiger partial charge on any atom is -0.497 e. The van der Waals surface area contributed by atoms with E-state index in [9.17, 15) is 9.59 Å². The zero-order valence-corrected chi connectivity index (χ0v) is 13.4. The molecule has 0 spiro atoms. The van der Waals surface area contributed by atoms with Crippen molar-refractivity contribution in [3.8, 4) is 5.75 Å². The third-order valence-electron chi connectivity index (χ3n) is 5.30. The lowest BCUT2D eigenvalue weighted by molar-refractivity contribution is -0.122. The molecular weight excluding hydrogens is 290 g/mol. The molecular formula is C19H19NO3. The molecule has 1 saturated heterocycles. The number of imide groups is 1. The maximum absolute atomic E-state index is 13.0. The van der Waals surface area contributed by atoms with E-state index in [1.807, 2.05) is 6.07 Å². The molecule has 2 bridgehead atoms. The largest absolute Gasteiger partial charge is 0.497 e. The Labute approximate surface area is 135 Å². The van der Waals surface area contributed by atoms with E-state index in [1.165, 1.54) is 16.0 Å². The Bertz CT molecular complexity index is 739. The second-order valence-corrected chi connectivity index (χ2v) is 6.66. The summed E-state index contributed by atoms with van der Waals surface area (Å²) in [5.74, 6) is 0.172. The summed E-state index contributed by atoms with van der Waals surface area (Å²) in [6.07, 6.45) is 4.21. The van der Waals surface area contributed by atoms with E-state index in [0.29, 0.717) is 11.4 Å². The summed E-state index contributed by atoms with van der Waals surface area (Å²) >= 11 is 0. The van der Waals surface area contributed by atoms with Gasteiger partial charge in [0.05, 0.1) is 24.6 Å². The van der Waals surface area contributed by atoms with Crippen LogP contribution in [0.15, 0.2) is 47.6 Å². The molecule has 0 radical (unpaired) electrons. The van der Waals surface area contributed by atoms with E-state index >= 15 is 0 Å². The summed E-state index contributed by atoms with van der Waals surface area (Å²) in [6, 6.07) is 7.14. The number of benzene rings is 1. The highest BCUT2D eigenvalue weighted by Crippen LogP contribution is 2.57. The van der Waals surface area contributed by atoms with Gasteiger partial charge in [-0.25, -0.2) is 4.90 Å². The Hall–Kier alpha value is -2.36. The van der Waals surface area contributed by atoms with E-state index in [0.717, 1.165) is 0 Å². The molecule has 1 aliphatic heterocycles. The second kappa shape index (κ2) is 4.82. The van der Waals surface area contributed by atoms with Crippen LogP contribution >= 0.6 is 0 Å². The van der Waals surface area contributed by atoms with E-state index in [2.05, 4.69) is 26.0 Å². The van der Waals surface area contributed by atoms with Gasteiger partial charge in [0.15, 0.2) is 0 Å². The molecule has 0 N–H and O–H groups in total. The predicted octanol–water partition coefficient (Wildman–Crippen LogP) is 2.95. The number of amides is 2. The molecule has 0 unspecified atom stereocenters. The van der Waals surface area contributed by atoms with Crippen molar-refractivity contribution in [2.45, 2.75) is 13.8 Å². The Kier molecular flexibility index (Phi) is 2.98. The predicted molar refractivity (Wildman–Crippen MR) is 87.0 cm³/mol. The summed E-state index contributed by atoms with van der Waals surface area (Å²) in [7, 11) is 1.58.